The van der Waals surface area contributed by atoms with Crippen LogP contribution >= 0.6 is 95.6 Å². The molecule has 10 heteroatoms. The van der Waals surface area contributed by atoms with Crippen LogP contribution < -0.4 is 19.4 Å². The largest absolute Gasteiger partial charge is 0.487 e. The molecule has 118 heavy (non-hydrogen) atoms. The predicted octanol–water partition coefficient (Wildman–Crippen LogP) is 35.1. The molecule has 0 bridgehead atoms. The summed E-state index contributed by atoms with van der Waals surface area (Å²) >= 11 is 21.7. The maximum Gasteiger partial charge on any atom is 0.124 e. The molecule has 0 spiro atoms. The number of fused-ring (bicyclic) bond motifs is 6. The minimum atomic E-state index is -0.380. The van der Waals surface area contributed by atoms with Crippen LogP contribution in [-0.4, -0.2) is 5.60 Å². The quantitative estimate of drug-likeness (QED) is 0.121. The molecule has 0 unspecified atom stereocenters. The van der Waals surface area contributed by atoms with Gasteiger partial charge in [0.25, 0.3) is 0 Å². The van der Waals surface area contributed by atoms with Crippen molar-refractivity contribution >= 4 is 179 Å². The van der Waals surface area contributed by atoms with E-state index in [4.69, 9.17) is 4.74 Å². The fourth-order valence-corrected chi connectivity index (χ4v) is 19.4. The summed E-state index contributed by atoms with van der Waals surface area (Å²) in [5.74, 6) is 0.976. The third kappa shape index (κ3) is 14.6. The molecule has 594 valence electrons. The number of ether oxygens (including phenoxy) is 1. The molecule has 4 nitrogen and oxygen atoms in total. The molecule has 0 saturated carbocycles. The van der Waals surface area contributed by atoms with Crippen LogP contribution in [0.15, 0.2) is 336 Å². The van der Waals surface area contributed by atoms with Gasteiger partial charge in [-0.1, -0.05) is 308 Å². The van der Waals surface area contributed by atoms with Crippen LogP contribution in [0.25, 0.3) is 65.7 Å². The van der Waals surface area contributed by atoms with Crippen LogP contribution in [0, 0.1) is 10.8 Å². The van der Waals surface area contributed by atoms with E-state index < -0.39 is 0 Å². The van der Waals surface area contributed by atoms with Crippen molar-refractivity contribution in [2.24, 2.45) is 10.8 Å². The van der Waals surface area contributed by atoms with Crippen molar-refractivity contribution in [3.63, 3.8) is 0 Å². The van der Waals surface area contributed by atoms with Gasteiger partial charge in [-0.05, 0) is 312 Å². The Morgan fingerprint density at radius 1 is 0.246 bits per heavy atom. The van der Waals surface area contributed by atoms with E-state index in [2.05, 4.69) is 476 Å². The zero-order valence-corrected chi connectivity index (χ0v) is 79.2. The second-order valence-corrected chi connectivity index (χ2v) is 41.5. The average molecular weight is 1940 g/mol. The molecule has 2 aliphatic carbocycles. The fourth-order valence-electron chi connectivity index (χ4n) is 17.8. The molecule has 18 rings (SSSR count). The van der Waals surface area contributed by atoms with Crippen molar-refractivity contribution in [1.82, 2.24) is 0 Å². The summed E-state index contributed by atoms with van der Waals surface area (Å²) in [4.78, 5) is 6.92. The van der Waals surface area contributed by atoms with E-state index in [0.717, 1.165) is 111 Å². The second-order valence-electron chi connectivity index (χ2n) is 36.0. The topological polar surface area (TPSA) is 19.0 Å². The number of halogens is 6. The molecule has 1 heterocycles. The SMILES string of the molecule is CC1(C)Oc2ccc(-c3cc4ccccc4cc3N(c3ccc(Br)cc3)c3ccc(Br)cc3)cc2C1(C)C.CC1(C)c2ccc(-c3cc4ccccc4cc3N(c3ccc(Br)cc3)c3ccc(Br)cc3)cc2C(C)(C)C1(C)C.[2H]c1c([2H])c2c(c([2H])c1-c1cc3ccccc3cc1N(c1ccc(Br)cc1)c1ccc(Br)cc1)C(C)(C)C(C)(C)C2(C)C. The lowest BCUT2D eigenvalue weighted by molar-refractivity contribution is 0.0712. The van der Waals surface area contributed by atoms with Gasteiger partial charge >= 0.3 is 0 Å². The van der Waals surface area contributed by atoms with Crippen molar-refractivity contribution in [3.8, 4) is 39.1 Å². The van der Waals surface area contributed by atoms with E-state index in [1.54, 1.807) is 0 Å². The predicted molar refractivity (Wildman–Crippen MR) is 526 cm³/mol. The average Bonchev–Trinajstić information content (AvgIpc) is 1.53. The Morgan fingerprint density at radius 3 is 0.847 bits per heavy atom. The van der Waals surface area contributed by atoms with E-state index in [1.807, 2.05) is 36.4 Å². The van der Waals surface area contributed by atoms with Gasteiger partial charge in [-0.15, -0.1) is 0 Å². The summed E-state index contributed by atoms with van der Waals surface area (Å²) in [7, 11) is 0. The lowest BCUT2D eigenvalue weighted by Crippen LogP contribution is -2.42. The minimum absolute atomic E-state index is 0.0377. The zero-order chi connectivity index (χ0) is 86.2. The third-order valence-corrected chi connectivity index (χ3v) is 31.1. The minimum Gasteiger partial charge on any atom is -0.487 e. The van der Waals surface area contributed by atoms with E-state index in [9.17, 15) is 4.11 Å². The van der Waals surface area contributed by atoms with E-state index in [-0.39, 0.29) is 55.6 Å². The maximum absolute atomic E-state index is 9.79. The first-order valence-corrected chi connectivity index (χ1v) is 45.2. The first kappa shape index (κ1) is 79.0. The Morgan fingerprint density at radius 2 is 0.517 bits per heavy atom. The highest BCUT2D eigenvalue weighted by Crippen LogP contribution is 2.64. The van der Waals surface area contributed by atoms with Crippen LogP contribution in [0.5, 0.6) is 5.75 Å². The molecule has 15 aromatic carbocycles. The van der Waals surface area contributed by atoms with Gasteiger partial charge < -0.3 is 19.4 Å². The fraction of sp³-hybridized carbons (Fsp3) is 0.222. The van der Waals surface area contributed by atoms with E-state index in [0.29, 0.717) is 11.6 Å². The summed E-state index contributed by atoms with van der Waals surface area (Å²) in [6.45, 7) is 36.6. The summed E-state index contributed by atoms with van der Waals surface area (Å²) in [5, 5.41) is 6.98. The van der Waals surface area contributed by atoms with Crippen LogP contribution in [-0.2, 0) is 27.1 Å². The maximum atomic E-state index is 9.79. The molecule has 0 saturated heterocycles. The van der Waals surface area contributed by atoms with Crippen LogP contribution in [0.4, 0.5) is 51.2 Å². The number of rotatable bonds is 12. The van der Waals surface area contributed by atoms with Crippen LogP contribution in [0.1, 0.15) is 143 Å². The van der Waals surface area contributed by atoms with Gasteiger partial charge in [-0.25, -0.2) is 0 Å². The first-order valence-electron chi connectivity index (χ1n) is 41.9. The van der Waals surface area contributed by atoms with Crippen molar-refractivity contribution in [2.75, 3.05) is 14.7 Å². The summed E-state index contributed by atoms with van der Waals surface area (Å²) in [5.41, 5.74) is 20.3. The Bertz CT molecular complexity index is 6400. The number of nitrogens with zero attached hydrogens (tertiary/aromatic N) is 3. The molecule has 0 amide bonds. The highest BCUT2D eigenvalue weighted by Gasteiger charge is 2.58. The van der Waals surface area contributed by atoms with Gasteiger partial charge in [0.1, 0.15) is 11.4 Å². The molecule has 0 N–H and O–H groups in total. The molecular weight excluding hydrogens is 1830 g/mol. The lowest BCUT2D eigenvalue weighted by atomic mass is 9.59. The standard InChI is InChI=1S/2C37H35Br2N.C34H29Br2NO/c2*1-35(2)32-20-11-26(22-33(32)36(3,4)37(35,5)6)31-21-24-9-7-8-10-25(24)23-34(31)40(29-16-12-27(38)13-17-29)30-18-14-28(39)15-19-30;1-33(2)30-20-24(9-18-32(30)38-34(33,3)4)29-19-22-7-5-6-8-23(22)21-31(29)37(27-14-10-25(35)11-15-27)28-16-12-26(36)13-17-28/h2*7-23H,1-6H3;5-21H,1-4H3/i11D,20D,22D;;. The molecular formula is C108H99Br6N3O. The molecule has 1 aliphatic heterocycles. The smallest absolute Gasteiger partial charge is 0.124 e. The number of benzene rings is 15. The van der Waals surface area contributed by atoms with Crippen LogP contribution in [0.3, 0.4) is 0 Å². The summed E-state index contributed by atoms with van der Waals surface area (Å²) in [6, 6.07) is 104. The molecule has 0 aromatic heterocycles. The van der Waals surface area contributed by atoms with E-state index in [1.165, 1.54) is 60.5 Å². The molecule has 0 atom stereocenters. The zero-order valence-electron chi connectivity index (χ0n) is 72.7. The van der Waals surface area contributed by atoms with Gasteiger partial charge in [0.2, 0.25) is 0 Å². The second kappa shape index (κ2) is 31.3. The Labute approximate surface area is 753 Å². The number of hydrogen-bond donors (Lipinski definition) is 0. The van der Waals surface area contributed by atoms with Crippen molar-refractivity contribution < 1.29 is 8.85 Å². The van der Waals surface area contributed by atoms with Gasteiger partial charge in [0.05, 0.1) is 21.2 Å². The van der Waals surface area contributed by atoms with Gasteiger partial charge in [-0.3, -0.25) is 0 Å². The number of hydrogen-bond acceptors (Lipinski definition) is 4. The number of anilines is 9. The van der Waals surface area contributed by atoms with Gasteiger partial charge in [0.15, 0.2) is 0 Å². The lowest BCUT2D eigenvalue weighted by Gasteiger charge is -2.44. The van der Waals surface area contributed by atoms with Crippen molar-refractivity contribution in [3.05, 3.63) is 364 Å². The van der Waals surface area contributed by atoms with Gasteiger partial charge in [0, 0.05) is 88.6 Å². The highest BCUT2D eigenvalue weighted by molar-refractivity contribution is 9.11. The Hall–Kier alpha value is -8.84. The first-order chi connectivity index (χ1) is 57.2. The van der Waals surface area contributed by atoms with Gasteiger partial charge in [-0.2, -0.15) is 0 Å². The summed E-state index contributed by atoms with van der Waals surface area (Å²) in [6.07, 6.45) is 0. The Balaban J connectivity index is 0.000000135. The highest BCUT2D eigenvalue weighted by atomic mass is 79.9. The monoisotopic (exact) mass is 1930 g/mol. The van der Waals surface area contributed by atoms with Crippen molar-refractivity contribution in [1.29, 1.82) is 0 Å². The molecule has 0 radical (unpaired) electrons. The van der Waals surface area contributed by atoms with Crippen LogP contribution in [0.2, 0.25) is 0 Å². The molecule has 0 fully saturated rings. The summed E-state index contributed by atoms with van der Waals surface area (Å²) < 4.78 is 41.2. The van der Waals surface area contributed by atoms with Crippen molar-refractivity contribution in [2.45, 2.75) is 143 Å². The third-order valence-electron chi connectivity index (χ3n) is 27.9. The molecule has 3 aliphatic rings. The normalized spacial score (nSPS) is 16.5. The van der Waals surface area contributed by atoms with E-state index >= 15 is 0 Å². The Kier molecular flexibility index (Phi) is 21.0. The molecule has 15 aromatic rings.